The Bertz CT molecular complexity index is 760. The van der Waals surface area contributed by atoms with Gasteiger partial charge in [-0.2, -0.15) is 0 Å². The highest BCUT2D eigenvalue weighted by molar-refractivity contribution is 5.84. The molecule has 2 aromatic rings. The Balaban J connectivity index is 2.55. The lowest BCUT2D eigenvalue weighted by molar-refractivity contribution is -0.133. The van der Waals surface area contributed by atoms with Gasteiger partial charge in [0.25, 0.3) is 0 Å². The highest BCUT2D eigenvalue weighted by Gasteiger charge is 2.16. The van der Waals surface area contributed by atoms with Gasteiger partial charge in [-0.1, -0.05) is 36.9 Å². The summed E-state index contributed by atoms with van der Waals surface area (Å²) in [4.78, 5) is 22.6. The van der Waals surface area contributed by atoms with E-state index in [2.05, 4.69) is 6.58 Å². The molecule has 0 aliphatic carbocycles. The molecule has 0 unspecified atom stereocenters. The maximum Gasteiger partial charge on any atom is 0.308 e. The fraction of sp³-hybridized carbons (Fsp3) is 0.158. The molecule has 118 valence electrons. The van der Waals surface area contributed by atoms with E-state index in [1.807, 2.05) is 30.3 Å². The molecular formula is C19H18O4. The standard InChI is InChI=1S/C19H18O4/c1-12-10-19(23-15(4)21)17(11-18(12)22-14(3)20)13(2)16-8-6-5-7-9-16/h5-11H,2H2,1,3-4H3. The third kappa shape index (κ3) is 4.07. The van der Waals surface area contributed by atoms with Crippen molar-refractivity contribution in [2.24, 2.45) is 0 Å². The topological polar surface area (TPSA) is 52.6 Å². The number of hydrogen-bond acceptors (Lipinski definition) is 4. The van der Waals surface area contributed by atoms with Gasteiger partial charge in [-0.15, -0.1) is 0 Å². The average Bonchev–Trinajstić information content (AvgIpc) is 2.49. The van der Waals surface area contributed by atoms with E-state index in [0.29, 0.717) is 28.2 Å². The fourth-order valence-corrected chi connectivity index (χ4v) is 2.20. The monoisotopic (exact) mass is 310 g/mol. The number of esters is 2. The molecule has 0 spiro atoms. The van der Waals surface area contributed by atoms with Crippen molar-refractivity contribution in [1.29, 1.82) is 0 Å². The third-order valence-electron chi connectivity index (χ3n) is 3.23. The van der Waals surface area contributed by atoms with Gasteiger partial charge in [0, 0.05) is 19.4 Å². The Morgan fingerprint density at radius 3 is 2.04 bits per heavy atom. The second kappa shape index (κ2) is 6.92. The Kier molecular flexibility index (Phi) is 4.96. The van der Waals surface area contributed by atoms with E-state index < -0.39 is 11.9 Å². The highest BCUT2D eigenvalue weighted by atomic mass is 16.5. The quantitative estimate of drug-likeness (QED) is 0.634. The van der Waals surface area contributed by atoms with Crippen LogP contribution in [0.4, 0.5) is 0 Å². The number of aryl methyl sites for hydroxylation is 1. The minimum atomic E-state index is -0.424. The molecule has 4 nitrogen and oxygen atoms in total. The van der Waals surface area contributed by atoms with E-state index in [0.717, 1.165) is 5.56 Å². The maximum atomic E-state index is 11.4. The predicted molar refractivity (Wildman–Crippen MR) is 88.4 cm³/mol. The van der Waals surface area contributed by atoms with Crippen LogP contribution >= 0.6 is 0 Å². The molecule has 0 radical (unpaired) electrons. The molecule has 0 amide bonds. The summed E-state index contributed by atoms with van der Waals surface area (Å²) < 4.78 is 10.5. The fourth-order valence-electron chi connectivity index (χ4n) is 2.20. The zero-order chi connectivity index (χ0) is 17.0. The van der Waals surface area contributed by atoms with Crippen molar-refractivity contribution < 1.29 is 19.1 Å². The smallest absolute Gasteiger partial charge is 0.308 e. The van der Waals surface area contributed by atoms with Crippen LogP contribution in [0.3, 0.4) is 0 Å². The van der Waals surface area contributed by atoms with Gasteiger partial charge >= 0.3 is 11.9 Å². The predicted octanol–water partition coefficient (Wildman–Crippen LogP) is 3.91. The van der Waals surface area contributed by atoms with Crippen molar-refractivity contribution in [3.05, 3.63) is 65.7 Å². The average molecular weight is 310 g/mol. The number of carbonyl (C=O) groups excluding carboxylic acids is 2. The van der Waals surface area contributed by atoms with Crippen LogP contribution in [0.5, 0.6) is 11.5 Å². The van der Waals surface area contributed by atoms with E-state index in [-0.39, 0.29) is 0 Å². The van der Waals surface area contributed by atoms with Crippen LogP contribution in [0.1, 0.15) is 30.5 Å². The summed E-state index contributed by atoms with van der Waals surface area (Å²) in [6, 6.07) is 12.9. The van der Waals surface area contributed by atoms with Gasteiger partial charge in [-0.3, -0.25) is 9.59 Å². The molecule has 4 heteroatoms. The Hall–Kier alpha value is -2.88. The molecule has 0 N–H and O–H groups in total. The Morgan fingerprint density at radius 1 is 0.913 bits per heavy atom. The van der Waals surface area contributed by atoms with Crippen LogP contribution in [0.2, 0.25) is 0 Å². The van der Waals surface area contributed by atoms with E-state index in [4.69, 9.17) is 9.47 Å². The van der Waals surface area contributed by atoms with Crippen LogP contribution in [0.25, 0.3) is 5.57 Å². The summed E-state index contributed by atoms with van der Waals surface area (Å²) in [6.07, 6.45) is 0. The zero-order valence-electron chi connectivity index (χ0n) is 13.4. The van der Waals surface area contributed by atoms with Gasteiger partial charge in [0.15, 0.2) is 0 Å². The van der Waals surface area contributed by atoms with Crippen LogP contribution in [0, 0.1) is 6.92 Å². The molecule has 0 atom stereocenters. The molecule has 0 bridgehead atoms. The first-order valence-electron chi connectivity index (χ1n) is 7.14. The molecule has 0 saturated heterocycles. The number of carbonyl (C=O) groups is 2. The van der Waals surface area contributed by atoms with Crippen molar-refractivity contribution in [3.63, 3.8) is 0 Å². The first-order valence-corrected chi connectivity index (χ1v) is 7.14. The normalized spacial score (nSPS) is 10.0. The SMILES string of the molecule is C=C(c1ccccc1)c1cc(OC(C)=O)c(C)cc1OC(C)=O. The largest absolute Gasteiger partial charge is 0.426 e. The van der Waals surface area contributed by atoms with E-state index >= 15 is 0 Å². The van der Waals surface area contributed by atoms with Crippen molar-refractivity contribution in [3.8, 4) is 11.5 Å². The molecule has 0 aromatic heterocycles. The summed E-state index contributed by atoms with van der Waals surface area (Å²) in [7, 11) is 0. The van der Waals surface area contributed by atoms with Crippen molar-refractivity contribution >= 4 is 17.5 Å². The van der Waals surface area contributed by atoms with Crippen molar-refractivity contribution in [1.82, 2.24) is 0 Å². The van der Waals surface area contributed by atoms with Gasteiger partial charge in [0.05, 0.1) is 0 Å². The summed E-state index contributed by atoms with van der Waals surface area (Å²) in [5.74, 6) is -0.0309. The summed E-state index contributed by atoms with van der Waals surface area (Å²) in [5, 5.41) is 0. The van der Waals surface area contributed by atoms with Gasteiger partial charge in [-0.05, 0) is 35.8 Å². The third-order valence-corrected chi connectivity index (χ3v) is 3.23. The van der Waals surface area contributed by atoms with Crippen LogP contribution in [-0.4, -0.2) is 11.9 Å². The highest BCUT2D eigenvalue weighted by Crippen LogP contribution is 2.35. The van der Waals surface area contributed by atoms with Gasteiger partial charge in [0.2, 0.25) is 0 Å². The minimum absolute atomic E-state index is 0.389. The van der Waals surface area contributed by atoms with Crippen LogP contribution in [0.15, 0.2) is 49.0 Å². The molecule has 0 heterocycles. The molecule has 2 aromatic carbocycles. The van der Waals surface area contributed by atoms with Crippen LogP contribution in [-0.2, 0) is 9.59 Å². The minimum Gasteiger partial charge on any atom is -0.426 e. The first-order chi connectivity index (χ1) is 10.9. The lowest BCUT2D eigenvalue weighted by Crippen LogP contribution is -2.07. The molecule has 2 rings (SSSR count). The molecular weight excluding hydrogens is 292 g/mol. The maximum absolute atomic E-state index is 11.4. The zero-order valence-corrected chi connectivity index (χ0v) is 13.4. The molecule has 0 aliphatic heterocycles. The number of hydrogen-bond donors (Lipinski definition) is 0. The second-order valence-corrected chi connectivity index (χ2v) is 5.15. The van der Waals surface area contributed by atoms with Gasteiger partial charge < -0.3 is 9.47 Å². The lowest BCUT2D eigenvalue weighted by atomic mass is 9.97. The first kappa shape index (κ1) is 16.5. The number of rotatable bonds is 4. The Morgan fingerprint density at radius 2 is 1.48 bits per heavy atom. The van der Waals surface area contributed by atoms with Crippen molar-refractivity contribution in [2.45, 2.75) is 20.8 Å². The molecule has 0 saturated carbocycles. The van der Waals surface area contributed by atoms with Crippen LogP contribution < -0.4 is 9.47 Å². The Labute approximate surface area is 135 Å². The van der Waals surface area contributed by atoms with E-state index in [9.17, 15) is 9.59 Å². The molecule has 0 aliphatic rings. The summed E-state index contributed by atoms with van der Waals surface area (Å²) >= 11 is 0. The van der Waals surface area contributed by atoms with E-state index in [1.54, 1.807) is 19.1 Å². The second-order valence-electron chi connectivity index (χ2n) is 5.15. The number of benzene rings is 2. The van der Waals surface area contributed by atoms with Crippen molar-refractivity contribution in [2.75, 3.05) is 0 Å². The van der Waals surface area contributed by atoms with Gasteiger partial charge in [-0.25, -0.2) is 0 Å². The lowest BCUT2D eigenvalue weighted by Gasteiger charge is -2.15. The molecule has 23 heavy (non-hydrogen) atoms. The summed E-state index contributed by atoms with van der Waals surface area (Å²) in [6.45, 7) is 8.54. The number of ether oxygens (including phenoxy) is 2. The van der Waals surface area contributed by atoms with Gasteiger partial charge in [0.1, 0.15) is 11.5 Å². The van der Waals surface area contributed by atoms with E-state index in [1.165, 1.54) is 13.8 Å². The summed E-state index contributed by atoms with van der Waals surface area (Å²) in [5.41, 5.74) is 2.86. The molecule has 0 fully saturated rings.